The van der Waals surface area contributed by atoms with E-state index in [1.807, 2.05) is 20.8 Å². The SMILES string of the molecule is CC(C)(C)OC(=O)N(CCC(=O)O)C1CCCC1. The predicted octanol–water partition coefficient (Wildman–Crippen LogP) is 2.64. The fourth-order valence-electron chi connectivity index (χ4n) is 2.18. The average molecular weight is 257 g/mol. The maximum absolute atomic E-state index is 12.1. The minimum Gasteiger partial charge on any atom is -0.481 e. The summed E-state index contributed by atoms with van der Waals surface area (Å²) < 4.78 is 5.34. The summed E-state index contributed by atoms with van der Waals surface area (Å²) in [6, 6.07) is 0.138. The van der Waals surface area contributed by atoms with E-state index in [9.17, 15) is 9.59 Å². The molecule has 0 aromatic heterocycles. The van der Waals surface area contributed by atoms with Crippen LogP contribution in [0.3, 0.4) is 0 Å². The maximum Gasteiger partial charge on any atom is 0.410 e. The number of ether oxygens (including phenoxy) is 1. The maximum atomic E-state index is 12.1. The summed E-state index contributed by atoms with van der Waals surface area (Å²) in [5.41, 5.74) is -0.544. The van der Waals surface area contributed by atoms with Crippen LogP contribution in [0.5, 0.6) is 0 Å². The highest BCUT2D eigenvalue weighted by atomic mass is 16.6. The molecule has 0 heterocycles. The zero-order chi connectivity index (χ0) is 13.8. The van der Waals surface area contributed by atoms with Crippen molar-refractivity contribution in [1.29, 1.82) is 0 Å². The lowest BCUT2D eigenvalue weighted by molar-refractivity contribution is -0.137. The molecule has 1 aliphatic carbocycles. The highest BCUT2D eigenvalue weighted by Gasteiger charge is 2.30. The zero-order valence-electron chi connectivity index (χ0n) is 11.4. The van der Waals surface area contributed by atoms with Crippen LogP contribution in [0.2, 0.25) is 0 Å². The van der Waals surface area contributed by atoms with Crippen LogP contribution in [-0.4, -0.2) is 40.3 Å². The monoisotopic (exact) mass is 257 g/mol. The third-order valence-electron chi connectivity index (χ3n) is 2.96. The van der Waals surface area contributed by atoms with Crippen molar-refractivity contribution in [1.82, 2.24) is 4.90 Å². The van der Waals surface area contributed by atoms with Crippen molar-refractivity contribution in [2.24, 2.45) is 0 Å². The summed E-state index contributed by atoms with van der Waals surface area (Å²) in [4.78, 5) is 24.3. The number of hydrogen-bond donors (Lipinski definition) is 1. The van der Waals surface area contributed by atoms with Gasteiger partial charge in [-0.25, -0.2) is 4.79 Å². The third-order valence-corrected chi connectivity index (χ3v) is 2.96. The van der Waals surface area contributed by atoms with Crippen molar-refractivity contribution in [2.45, 2.75) is 64.5 Å². The standard InChI is InChI=1S/C13H23NO4/c1-13(2,3)18-12(17)14(9-8-11(15)16)10-6-4-5-7-10/h10H,4-9H2,1-3H3,(H,15,16). The average Bonchev–Trinajstić information content (AvgIpc) is 2.67. The van der Waals surface area contributed by atoms with E-state index in [1.165, 1.54) is 0 Å². The number of nitrogens with zero attached hydrogens (tertiary/aromatic N) is 1. The highest BCUT2D eigenvalue weighted by Crippen LogP contribution is 2.25. The van der Waals surface area contributed by atoms with Crippen LogP contribution in [0.1, 0.15) is 52.9 Å². The van der Waals surface area contributed by atoms with E-state index in [1.54, 1.807) is 4.90 Å². The summed E-state index contributed by atoms with van der Waals surface area (Å²) in [6.07, 6.45) is 3.65. The van der Waals surface area contributed by atoms with Crippen LogP contribution in [0, 0.1) is 0 Å². The number of carbonyl (C=O) groups excluding carboxylic acids is 1. The third kappa shape index (κ3) is 4.94. The molecule has 0 bridgehead atoms. The van der Waals surface area contributed by atoms with Crippen LogP contribution < -0.4 is 0 Å². The second kappa shape index (κ2) is 6.07. The first-order valence-corrected chi connectivity index (χ1v) is 6.51. The summed E-state index contributed by atoms with van der Waals surface area (Å²) in [6.45, 7) is 5.67. The fourth-order valence-corrected chi connectivity index (χ4v) is 2.18. The minimum atomic E-state index is -0.887. The quantitative estimate of drug-likeness (QED) is 0.840. The second-order valence-electron chi connectivity index (χ2n) is 5.76. The van der Waals surface area contributed by atoms with Crippen molar-refractivity contribution < 1.29 is 19.4 Å². The molecule has 1 saturated carbocycles. The first kappa shape index (κ1) is 14.8. The molecule has 1 amide bonds. The van der Waals surface area contributed by atoms with E-state index in [0.29, 0.717) is 0 Å². The topological polar surface area (TPSA) is 66.8 Å². The molecular formula is C13H23NO4. The molecule has 0 spiro atoms. The Bertz CT molecular complexity index is 303. The Balaban J connectivity index is 2.63. The van der Waals surface area contributed by atoms with E-state index in [-0.39, 0.29) is 19.0 Å². The first-order chi connectivity index (χ1) is 8.29. The molecule has 18 heavy (non-hydrogen) atoms. The number of amides is 1. The summed E-state index contributed by atoms with van der Waals surface area (Å²) in [7, 11) is 0. The number of rotatable bonds is 4. The second-order valence-corrected chi connectivity index (χ2v) is 5.76. The summed E-state index contributed by atoms with van der Waals surface area (Å²) >= 11 is 0. The van der Waals surface area contributed by atoms with Crippen molar-refractivity contribution in [3.63, 3.8) is 0 Å². The molecule has 1 N–H and O–H groups in total. The molecule has 0 radical (unpaired) electrons. The largest absolute Gasteiger partial charge is 0.481 e. The van der Waals surface area contributed by atoms with Gasteiger partial charge >= 0.3 is 12.1 Å². The molecule has 1 aliphatic rings. The van der Waals surface area contributed by atoms with Gasteiger partial charge in [0.2, 0.25) is 0 Å². The molecule has 1 fully saturated rings. The molecule has 0 aromatic rings. The number of hydrogen-bond acceptors (Lipinski definition) is 3. The Morgan fingerprint density at radius 2 is 1.83 bits per heavy atom. The Kier molecular flexibility index (Phi) is 4.99. The van der Waals surface area contributed by atoms with Crippen LogP contribution in [0.15, 0.2) is 0 Å². The van der Waals surface area contributed by atoms with Gasteiger partial charge < -0.3 is 14.7 Å². The molecule has 1 rings (SSSR count). The highest BCUT2D eigenvalue weighted by molar-refractivity contribution is 5.71. The Hall–Kier alpha value is -1.26. The molecule has 0 unspecified atom stereocenters. The Morgan fingerprint density at radius 1 is 1.28 bits per heavy atom. The van der Waals surface area contributed by atoms with Crippen LogP contribution in [-0.2, 0) is 9.53 Å². The Labute approximate surface area is 108 Å². The predicted molar refractivity (Wildman–Crippen MR) is 67.4 cm³/mol. The van der Waals surface area contributed by atoms with Crippen molar-refractivity contribution in [3.05, 3.63) is 0 Å². The van der Waals surface area contributed by atoms with Crippen LogP contribution in [0.4, 0.5) is 4.79 Å². The van der Waals surface area contributed by atoms with Crippen molar-refractivity contribution >= 4 is 12.1 Å². The summed E-state index contributed by atoms with van der Waals surface area (Å²) in [5, 5.41) is 8.74. The van der Waals surface area contributed by atoms with Gasteiger partial charge in [-0.1, -0.05) is 12.8 Å². The molecule has 0 atom stereocenters. The van der Waals surface area contributed by atoms with E-state index in [0.717, 1.165) is 25.7 Å². The lowest BCUT2D eigenvalue weighted by Crippen LogP contribution is -2.43. The number of carbonyl (C=O) groups is 2. The minimum absolute atomic E-state index is 0.0320. The fraction of sp³-hybridized carbons (Fsp3) is 0.846. The van der Waals surface area contributed by atoms with Gasteiger partial charge in [-0.15, -0.1) is 0 Å². The molecule has 0 saturated heterocycles. The molecule has 104 valence electrons. The van der Waals surface area contributed by atoms with E-state index < -0.39 is 17.7 Å². The van der Waals surface area contributed by atoms with E-state index >= 15 is 0 Å². The number of carboxylic acids is 1. The van der Waals surface area contributed by atoms with Gasteiger partial charge in [-0.3, -0.25) is 4.79 Å². The van der Waals surface area contributed by atoms with Gasteiger partial charge in [0.05, 0.1) is 6.42 Å². The van der Waals surface area contributed by atoms with Crippen molar-refractivity contribution in [3.8, 4) is 0 Å². The lowest BCUT2D eigenvalue weighted by Gasteiger charge is -2.31. The van der Waals surface area contributed by atoms with Gasteiger partial charge in [-0.2, -0.15) is 0 Å². The van der Waals surface area contributed by atoms with Crippen molar-refractivity contribution in [2.75, 3.05) is 6.54 Å². The zero-order valence-corrected chi connectivity index (χ0v) is 11.4. The molecule has 0 aliphatic heterocycles. The van der Waals surface area contributed by atoms with Gasteiger partial charge in [0, 0.05) is 12.6 Å². The first-order valence-electron chi connectivity index (χ1n) is 6.51. The molecular weight excluding hydrogens is 234 g/mol. The van der Waals surface area contributed by atoms with E-state index in [2.05, 4.69) is 0 Å². The molecule has 5 nitrogen and oxygen atoms in total. The number of aliphatic carboxylic acids is 1. The smallest absolute Gasteiger partial charge is 0.410 e. The van der Waals surface area contributed by atoms with Gasteiger partial charge in [0.1, 0.15) is 5.60 Å². The molecule has 5 heteroatoms. The van der Waals surface area contributed by atoms with E-state index in [4.69, 9.17) is 9.84 Å². The lowest BCUT2D eigenvalue weighted by atomic mass is 10.2. The van der Waals surface area contributed by atoms with Gasteiger partial charge in [-0.05, 0) is 33.6 Å². The molecule has 0 aromatic carbocycles. The van der Waals surface area contributed by atoms with Crippen LogP contribution >= 0.6 is 0 Å². The number of carboxylic acid groups (broad SMARTS) is 1. The van der Waals surface area contributed by atoms with Gasteiger partial charge in [0.15, 0.2) is 0 Å². The Morgan fingerprint density at radius 3 is 2.28 bits per heavy atom. The normalized spacial score (nSPS) is 16.6. The summed E-state index contributed by atoms with van der Waals surface area (Å²) in [5.74, 6) is -0.887. The van der Waals surface area contributed by atoms with Crippen LogP contribution in [0.25, 0.3) is 0 Å². The van der Waals surface area contributed by atoms with Gasteiger partial charge in [0.25, 0.3) is 0 Å².